The van der Waals surface area contributed by atoms with Crippen LogP contribution in [-0.4, -0.2) is 57.7 Å². The molecule has 2 fully saturated rings. The molecule has 1 aliphatic carbocycles. The van der Waals surface area contributed by atoms with E-state index in [-0.39, 0.29) is 29.4 Å². The molecule has 2 atom stereocenters. The molecule has 4 heterocycles. The quantitative estimate of drug-likeness (QED) is 0.324. The Balaban J connectivity index is 1.31. The highest BCUT2D eigenvalue weighted by molar-refractivity contribution is 7.90. The number of nitrogens with one attached hydrogen (secondary N) is 1. The lowest BCUT2D eigenvalue weighted by Crippen LogP contribution is -2.57. The zero-order chi connectivity index (χ0) is 27.5. The number of nitrogens with zero attached hydrogens (tertiary/aromatic N) is 6. The number of halogens is 1. The SMILES string of the molecule is CC(C)c1cc(F)c(N2C[C@H](CS(C)(=O)=O)[C@H]2C)c2cnc(Nc3ccnc(-c4cnn(C5CC5)c4)n3)cc12. The van der Waals surface area contributed by atoms with E-state index in [1.807, 2.05) is 42.6 Å². The second kappa shape index (κ2) is 9.55. The van der Waals surface area contributed by atoms with Gasteiger partial charge in [0.15, 0.2) is 5.82 Å². The number of sulfone groups is 1. The number of hydrogen-bond acceptors (Lipinski definition) is 8. The molecule has 1 saturated carbocycles. The van der Waals surface area contributed by atoms with Crippen molar-refractivity contribution in [1.29, 1.82) is 0 Å². The van der Waals surface area contributed by atoms with Crippen LogP contribution in [0.1, 0.15) is 51.1 Å². The van der Waals surface area contributed by atoms with Gasteiger partial charge in [-0.3, -0.25) is 4.68 Å². The van der Waals surface area contributed by atoms with Gasteiger partial charge >= 0.3 is 0 Å². The minimum atomic E-state index is -3.11. The Morgan fingerprint density at radius 3 is 2.62 bits per heavy atom. The first-order valence-electron chi connectivity index (χ1n) is 13.3. The summed E-state index contributed by atoms with van der Waals surface area (Å²) in [6.07, 6.45) is 10.7. The number of rotatable bonds is 8. The van der Waals surface area contributed by atoms with Crippen LogP contribution < -0.4 is 10.2 Å². The molecule has 2 aliphatic rings. The predicted molar refractivity (Wildman–Crippen MR) is 151 cm³/mol. The Morgan fingerprint density at radius 2 is 1.92 bits per heavy atom. The van der Waals surface area contributed by atoms with Crippen molar-refractivity contribution in [2.45, 2.75) is 51.6 Å². The van der Waals surface area contributed by atoms with Crippen molar-refractivity contribution < 1.29 is 12.8 Å². The van der Waals surface area contributed by atoms with E-state index in [1.54, 1.807) is 30.7 Å². The molecule has 6 rings (SSSR count). The van der Waals surface area contributed by atoms with E-state index in [0.29, 0.717) is 41.1 Å². The fourth-order valence-corrected chi connectivity index (χ4v) is 6.55. The number of benzene rings is 1. The Kier molecular flexibility index (Phi) is 6.28. The molecule has 204 valence electrons. The lowest BCUT2D eigenvalue weighted by molar-refractivity contribution is 0.338. The fraction of sp³-hybridized carbons (Fsp3) is 0.429. The molecule has 0 amide bonds. The third-order valence-electron chi connectivity index (χ3n) is 7.70. The van der Waals surface area contributed by atoms with Crippen molar-refractivity contribution >= 4 is 37.9 Å². The number of pyridine rings is 1. The summed E-state index contributed by atoms with van der Waals surface area (Å²) < 4.78 is 41.1. The highest BCUT2D eigenvalue weighted by Crippen LogP contribution is 2.41. The summed E-state index contributed by atoms with van der Waals surface area (Å²) >= 11 is 0. The molecule has 1 aromatic carbocycles. The molecule has 0 radical (unpaired) electrons. The monoisotopic (exact) mass is 549 g/mol. The number of hydrogen-bond donors (Lipinski definition) is 1. The van der Waals surface area contributed by atoms with Gasteiger partial charge in [0.25, 0.3) is 0 Å². The van der Waals surface area contributed by atoms with Gasteiger partial charge in [0.1, 0.15) is 27.3 Å². The molecule has 4 aromatic rings. The van der Waals surface area contributed by atoms with Crippen molar-refractivity contribution in [3.05, 3.63) is 54.4 Å². The molecule has 11 heteroatoms. The molecule has 0 unspecified atom stereocenters. The van der Waals surface area contributed by atoms with Crippen molar-refractivity contribution in [3.63, 3.8) is 0 Å². The molecule has 39 heavy (non-hydrogen) atoms. The maximum atomic E-state index is 15.5. The predicted octanol–water partition coefficient (Wildman–Crippen LogP) is 5.10. The molecular formula is C28H32FN7O2S. The molecule has 1 saturated heterocycles. The molecule has 1 N–H and O–H groups in total. The average Bonchev–Trinajstić information content (AvgIpc) is 3.62. The first kappa shape index (κ1) is 25.7. The van der Waals surface area contributed by atoms with Gasteiger partial charge in [-0.15, -0.1) is 0 Å². The maximum Gasteiger partial charge on any atom is 0.164 e. The Labute approximate surface area is 227 Å². The Bertz CT molecular complexity index is 1670. The van der Waals surface area contributed by atoms with E-state index in [0.717, 1.165) is 29.4 Å². The summed E-state index contributed by atoms with van der Waals surface area (Å²) in [4.78, 5) is 15.6. The van der Waals surface area contributed by atoms with E-state index in [4.69, 9.17) is 0 Å². The van der Waals surface area contributed by atoms with Crippen molar-refractivity contribution in [3.8, 4) is 11.4 Å². The zero-order valence-corrected chi connectivity index (χ0v) is 23.3. The highest BCUT2D eigenvalue weighted by Gasteiger charge is 2.39. The van der Waals surface area contributed by atoms with Gasteiger partial charge < -0.3 is 10.2 Å². The van der Waals surface area contributed by atoms with Gasteiger partial charge in [0.05, 0.1) is 29.2 Å². The third-order valence-corrected chi connectivity index (χ3v) is 8.74. The summed E-state index contributed by atoms with van der Waals surface area (Å²) in [5, 5.41) is 9.33. The first-order valence-corrected chi connectivity index (χ1v) is 15.3. The van der Waals surface area contributed by atoms with Crippen LogP contribution in [0.15, 0.2) is 43.0 Å². The molecule has 0 spiro atoms. The summed E-state index contributed by atoms with van der Waals surface area (Å²) in [6.45, 7) is 6.51. The second-order valence-electron chi connectivity index (χ2n) is 11.1. The average molecular weight is 550 g/mol. The fourth-order valence-electron chi connectivity index (χ4n) is 5.39. The van der Waals surface area contributed by atoms with Crippen LogP contribution in [0.3, 0.4) is 0 Å². The van der Waals surface area contributed by atoms with Gasteiger partial charge in [0, 0.05) is 48.7 Å². The Morgan fingerprint density at radius 1 is 1.13 bits per heavy atom. The third kappa shape index (κ3) is 5.07. The lowest BCUT2D eigenvalue weighted by atomic mass is 9.88. The van der Waals surface area contributed by atoms with E-state index in [9.17, 15) is 8.42 Å². The number of fused-ring (bicyclic) bond motifs is 1. The molecular weight excluding hydrogens is 517 g/mol. The largest absolute Gasteiger partial charge is 0.365 e. The minimum absolute atomic E-state index is 0.0310. The smallest absolute Gasteiger partial charge is 0.164 e. The van der Waals surface area contributed by atoms with E-state index >= 15 is 4.39 Å². The number of aromatic nitrogens is 5. The van der Waals surface area contributed by atoms with Gasteiger partial charge in [0.2, 0.25) is 0 Å². The second-order valence-corrected chi connectivity index (χ2v) is 13.3. The van der Waals surface area contributed by atoms with Gasteiger partial charge in [-0.25, -0.2) is 27.8 Å². The molecule has 3 aromatic heterocycles. The van der Waals surface area contributed by atoms with Crippen LogP contribution >= 0.6 is 0 Å². The molecule has 1 aliphatic heterocycles. The lowest BCUT2D eigenvalue weighted by Gasteiger charge is -2.48. The summed E-state index contributed by atoms with van der Waals surface area (Å²) in [5.41, 5.74) is 2.22. The van der Waals surface area contributed by atoms with Crippen LogP contribution in [0, 0.1) is 11.7 Å². The van der Waals surface area contributed by atoms with E-state index in [2.05, 4.69) is 25.4 Å². The topological polar surface area (TPSA) is 106 Å². The van der Waals surface area contributed by atoms with Crippen molar-refractivity contribution in [2.24, 2.45) is 5.92 Å². The summed E-state index contributed by atoms with van der Waals surface area (Å²) in [6, 6.07) is 5.70. The van der Waals surface area contributed by atoms with Crippen LogP contribution in [0.4, 0.5) is 21.7 Å². The minimum Gasteiger partial charge on any atom is -0.365 e. The summed E-state index contributed by atoms with van der Waals surface area (Å²) in [5.74, 6) is 1.61. The first-order chi connectivity index (χ1) is 18.6. The van der Waals surface area contributed by atoms with Crippen molar-refractivity contribution in [1.82, 2.24) is 24.7 Å². The maximum absolute atomic E-state index is 15.5. The zero-order valence-electron chi connectivity index (χ0n) is 22.5. The standard InChI is InChI=1S/C28H32FN7O2S/c1-16(2)21-9-24(29)27(35-13-19(17(35)3)15-39(4,37)38)23-12-31-26(10-22(21)23)33-25-7-8-30-28(34-25)18-11-32-36(14-18)20-5-6-20/h7-12,14,16-17,19-20H,5-6,13,15H2,1-4H3,(H,30,31,33,34)/t17-,19-/m1/s1. The van der Waals surface area contributed by atoms with Crippen LogP contribution in [0.2, 0.25) is 0 Å². The highest BCUT2D eigenvalue weighted by atomic mass is 32.2. The van der Waals surface area contributed by atoms with Crippen LogP contribution in [0.5, 0.6) is 0 Å². The van der Waals surface area contributed by atoms with Gasteiger partial charge in [-0.1, -0.05) is 13.8 Å². The van der Waals surface area contributed by atoms with E-state index < -0.39 is 9.84 Å². The molecule has 0 bridgehead atoms. The van der Waals surface area contributed by atoms with Gasteiger partial charge in [-0.05, 0) is 54.8 Å². The van der Waals surface area contributed by atoms with Crippen molar-refractivity contribution in [2.75, 3.05) is 28.8 Å². The Hall–Kier alpha value is -3.60. The normalized spacial score (nSPS) is 19.5. The van der Waals surface area contributed by atoms with E-state index in [1.165, 1.54) is 6.26 Å². The van der Waals surface area contributed by atoms with Crippen LogP contribution in [0.25, 0.3) is 22.2 Å². The number of anilines is 3. The van der Waals surface area contributed by atoms with Crippen LogP contribution in [-0.2, 0) is 9.84 Å². The molecule has 9 nitrogen and oxygen atoms in total. The van der Waals surface area contributed by atoms with Gasteiger partial charge in [-0.2, -0.15) is 5.10 Å². The summed E-state index contributed by atoms with van der Waals surface area (Å²) in [7, 11) is -3.11.